The molecule has 0 radical (unpaired) electrons. The standard InChI is InChI=1S/C18H16ClNO2/c1-10-6-11(2)17-14(9-21)18(20-15(17)7-10)13-8-12(19)4-5-16(13)22-3/h4-9,20H,1-3H3. The summed E-state index contributed by atoms with van der Waals surface area (Å²) in [6.45, 7) is 4.04. The first-order chi connectivity index (χ1) is 10.5. The molecule has 0 aliphatic rings. The number of aromatic amines is 1. The molecule has 0 saturated heterocycles. The van der Waals surface area contributed by atoms with E-state index >= 15 is 0 Å². The monoisotopic (exact) mass is 313 g/mol. The summed E-state index contributed by atoms with van der Waals surface area (Å²) < 4.78 is 5.41. The number of aryl methyl sites for hydroxylation is 2. The van der Waals surface area contributed by atoms with Gasteiger partial charge in [0.05, 0.1) is 12.8 Å². The Bertz CT molecular complexity index is 880. The Balaban J connectivity index is 2.39. The van der Waals surface area contributed by atoms with Crippen LogP contribution in [-0.4, -0.2) is 18.4 Å². The lowest BCUT2D eigenvalue weighted by Crippen LogP contribution is -1.91. The summed E-state index contributed by atoms with van der Waals surface area (Å²) in [6.07, 6.45) is 0.886. The number of halogens is 1. The number of benzene rings is 2. The molecule has 1 N–H and O–H groups in total. The number of rotatable bonds is 3. The number of H-pyrrole nitrogens is 1. The van der Waals surface area contributed by atoms with Crippen LogP contribution >= 0.6 is 11.6 Å². The second kappa shape index (κ2) is 5.50. The van der Waals surface area contributed by atoms with E-state index in [9.17, 15) is 4.79 Å². The maximum absolute atomic E-state index is 11.7. The predicted molar refractivity (Wildman–Crippen MR) is 90.2 cm³/mol. The molecular formula is C18H16ClNO2. The lowest BCUT2D eigenvalue weighted by molar-refractivity contribution is 0.112. The third-order valence-corrected chi connectivity index (χ3v) is 4.06. The van der Waals surface area contributed by atoms with E-state index in [1.54, 1.807) is 25.3 Å². The molecule has 3 rings (SSSR count). The number of ether oxygens (including phenoxy) is 1. The molecule has 1 heterocycles. The molecule has 0 fully saturated rings. The van der Waals surface area contributed by atoms with Gasteiger partial charge < -0.3 is 9.72 Å². The van der Waals surface area contributed by atoms with E-state index in [2.05, 4.69) is 11.1 Å². The fraction of sp³-hybridized carbons (Fsp3) is 0.167. The summed E-state index contributed by atoms with van der Waals surface area (Å²) in [5.74, 6) is 0.674. The molecule has 4 heteroatoms. The van der Waals surface area contributed by atoms with Crippen molar-refractivity contribution in [1.82, 2.24) is 4.98 Å². The second-order valence-electron chi connectivity index (χ2n) is 5.38. The largest absolute Gasteiger partial charge is 0.496 e. The van der Waals surface area contributed by atoms with Crippen LogP contribution in [0.1, 0.15) is 21.5 Å². The minimum absolute atomic E-state index is 0.596. The van der Waals surface area contributed by atoms with Crippen LogP contribution in [0.4, 0.5) is 0 Å². The van der Waals surface area contributed by atoms with Crippen molar-refractivity contribution in [2.24, 2.45) is 0 Å². The molecule has 0 bridgehead atoms. The predicted octanol–water partition coefficient (Wildman–Crippen LogP) is 4.93. The van der Waals surface area contributed by atoms with Crippen molar-refractivity contribution in [3.8, 4) is 17.0 Å². The number of fused-ring (bicyclic) bond motifs is 1. The summed E-state index contributed by atoms with van der Waals surface area (Å²) in [5, 5.41) is 1.54. The van der Waals surface area contributed by atoms with Gasteiger partial charge in [-0.15, -0.1) is 0 Å². The highest BCUT2D eigenvalue weighted by Crippen LogP contribution is 2.37. The zero-order valence-electron chi connectivity index (χ0n) is 12.7. The minimum atomic E-state index is 0.596. The lowest BCUT2D eigenvalue weighted by Gasteiger charge is -2.08. The number of carbonyl (C=O) groups excluding carboxylic acids is 1. The number of carbonyl (C=O) groups is 1. The zero-order chi connectivity index (χ0) is 15.9. The molecular weight excluding hydrogens is 298 g/mol. The van der Waals surface area contributed by atoms with Crippen LogP contribution in [0.3, 0.4) is 0 Å². The van der Waals surface area contributed by atoms with Gasteiger partial charge in [-0.1, -0.05) is 17.7 Å². The lowest BCUT2D eigenvalue weighted by atomic mass is 10.0. The van der Waals surface area contributed by atoms with Gasteiger partial charge in [-0.25, -0.2) is 0 Å². The number of methoxy groups -OCH3 is 1. The quantitative estimate of drug-likeness (QED) is 0.697. The Morgan fingerprint density at radius 3 is 2.64 bits per heavy atom. The highest BCUT2D eigenvalue weighted by atomic mass is 35.5. The molecule has 3 aromatic rings. The van der Waals surface area contributed by atoms with Crippen LogP contribution in [0.2, 0.25) is 5.02 Å². The smallest absolute Gasteiger partial charge is 0.152 e. The van der Waals surface area contributed by atoms with Gasteiger partial charge in [0.2, 0.25) is 0 Å². The van der Waals surface area contributed by atoms with Crippen LogP contribution in [-0.2, 0) is 0 Å². The number of nitrogens with one attached hydrogen (secondary N) is 1. The van der Waals surface area contributed by atoms with E-state index in [-0.39, 0.29) is 0 Å². The van der Waals surface area contributed by atoms with Crippen molar-refractivity contribution < 1.29 is 9.53 Å². The van der Waals surface area contributed by atoms with Gasteiger partial charge in [0.15, 0.2) is 6.29 Å². The molecule has 1 aromatic heterocycles. The van der Waals surface area contributed by atoms with E-state index in [0.717, 1.165) is 39.6 Å². The summed E-state index contributed by atoms with van der Waals surface area (Å²) in [7, 11) is 1.60. The van der Waals surface area contributed by atoms with Crippen LogP contribution in [0.25, 0.3) is 22.2 Å². The van der Waals surface area contributed by atoms with Crippen molar-refractivity contribution in [3.05, 3.63) is 52.0 Å². The Kier molecular flexibility index (Phi) is 3.67. The van der Waals surface area contributed by atoms with Gasteiger partial charge in [0, 0.05) is 27.1 Å². The molecule has 0 amide bonds. The van der Waals surface area contributed by atoms with Crippen LogP contribution < -0.4 is 4.74 Å². The van der Waals surface area contributed by atoms with E-state index in [1.165, 1.54) is 0 Å². The summed E-state index contributed by atoms with van der Waals surface area (Å²) in [6, 6.07) is 9.48. The molecule has 0 aliphatic heterocycles. The number of hydrogen-bond acceptors (Lipinski definition) is 2. The van der Waals surface area contributed by atoms with Gasteiger partial charge in [-0.3, -0.25) is 4.79 Å². The molecule has 2 aromatic carbocycles. The molecule has 3 nitrogen and oxygen atoms in total. The van der Waals surface area contributed by atoms with Gasteiger partial charge in [0.25, 0.3) is 0 Å². The first-order valence-corrected chi connectivity index (χ1v) is 7.35. The summed E-state index contributed by atoms with van der Waals surface area (Å²) in [4.78, 5) is 15.0. The molecule has 22 heavy (non-hydrogen) atoms. The maximum Gasteiger partial charge on any atom is 0.152 e. The number of aromatic nitrogens is 1. The van der Waals surface area contributed by atoms with E-state index in [0.29, 0.717) is 16.3 Å². The van der Waals surface area contributed by atoms with Gasteiger partial charge in [-0.2, -0.15) is 0 Å². The molecule has 112 valence electrons. The number of aldehydes is 1. The van der Waals surface area contributed by atoms with Crippen molar-refractivity contribution >= 4 is 28.8 Å². The average Bonchev–Trinajstić information content (AvgIpc) is 2.85. The fourth-order valence-corrected chi connectivity index (χ4v) is 3.13. The van der Waals surface area contributed by atoms with Gasteiger partial charge in [-0.05, 0) is 49.2 Å². The topological polar surface area (TPSA) is 42.1 Å². The first-order valence-electron chi connectivity index (χ1n) is 6.97. The zero-order valence-corrected chi connectivity index (χ0v) is 13.4. The van der Waals surface area contributed by atoms with Crippen LogP contribution in [0.15, 0.2) is 30.3 Å². The van der Waals surface area contributed by atoms with Gasteiger partial charge >= 0.3 is 0 Å². The van der Waals surface area contributed by atoms with Crippen molar-refractivity contribution in [3.63, 3.8) is 0 Å². The van der Waals surface area contributed by atoms with Crippen molar-refractivity contribution in [2.45, 2.75) is 13.8 Å². The maximum atomic E-state index is 11.7. The van der Waals surface area contributed by atoms with E-state index in [1.807, 2.05) is 19.9 Å². The third-order valence-electron chi connectivity index (χ3n) is 3.83. The molecule has 0 aliphatic carbocycles. The number of hydrogen-bond donors (Lipinski definition) is 1. The van der Waals surface area contributed by atoms with E-state index in [4.69, 9.17) is 16.3 Å². The highest BCUT2D eigenvalue weighted by molar-refractivity contribution is 6.31. The highest BCUT2D eigenvalue weighted by Gasteiger charge is 2.18. The molecule has 0 unspecified atom stereocenters. The molecule has 0 spiro atoms. The molecule has 0 atom stereocenters. The van der Waals surface area contributed by atoms with Crippen molar-refractivity contribution in [1.29, 1.82) is 0 Å². The van der Waals surface area contributed by atoms with Crippen LogP contribution in [0.5, 0.6) is 5.75 Å². The SMILES string of the molecule is COc1ccc(Cl)cc1-c1[nH]c2cc(C)cc(C)c2c1C=O. The second-order valence-corrected chi connectivity index (χ2v) is 5.82. The minimum Gasteiger partial charge on any atom is -0.496 e. The normalized spacial score (nSPS) is 10.9. The first kappa shape index (κ1) is 14.7. The summed E-state index contributed by atoms with van der Waals surface area (Å²) >= 11 is 6.12. The Morgan fingerprint density at radius 2 is 1.95 bits per heavy atom. The third kappa shape index (κ3) is 2.28. The Morgan fingerprint density at radius 1 is 1.18 bits per heavy atom. The van der Waals surface area contributed by atoms with Gasteiger partial charge in [0.1, 0.15) is 5.75 Å². The Labute approximate surface area is 133 Å². The van der Waals surface area contributed by atoms with Crippen molar-refractivity contribution in [2.75, 3.05) is 7.11 Å². The van der Waals surface area contributed by atoms with Crippen LogP contribution in [0, 0.1) is 13.8 Å². The summed E-state index contributed by atoms with van der Waals surface area (Å²) in [5.41, 5.74) is 5.31. The molecule has 0 saturated carbocycles. The Hall–Kier alpha value is -2.26. The fourth-order valence-electron chi connectivity index (χ4n) is 2.96. The van der Waals surface area contributed by atoms with E-state index < -0.39 is 0 Å². The average molecular weight is 314 g/mol.